The summed E-state index contributed by atoms with van der Waals surface area (Å²) in [5.74, 6) is -0.144. The summed E-state index contributed by atoms with van der Waals surface area (Å²) in [7, 11) is -3.61. The molecule has 0 aliphatic rings. The SMILES string of the molecule is CCS(=O)(=O)n1c(=O)[nH]c2ccc(N)cc21. The van der Waals surface area contributed by atoms with Crippen LogP contribution in [0.3, 0.4) is 0 Å². The topological polar surface area (TPSA) is 98.0 Å². The number of H-pyrrole nitrogens is 1. The molecule has 0 aliphatic carbocycles. The van der Waals surface area contributed by atoms with Gasteiger partial charge >= 0.3 is 5.69 Å². The Bertz CT molecular complexity index is 696. The number of nitrogens with zero attached hydrogens (tertiary/aromatic N) is 1. The fraction of sp³-hybridized carbons (Fsp3) is 0.222. The van der Waals surface area contributed by atoms with Gasteiger partial charge in [0.25, 0.3) is 0 Å². The van der Waals surface area contributed by atoms with Crippen molar-refractivity contribution in [3.63, 3.8) is 0 Å². The average Bonchev–Trinajstić information content (AvgIpc) is 2.54. The molecule has 0 aliphatic heterocycles. The fourth-order valence-electron chi connectivity index (χ4n) is 1.50. The Morgan fingerprint density at radius 2 is 2.12 bits per heavy atom. The predicted octanol–water partition coefficient (Wildman–Crippen LogP) is 0.110. The maximum atomic E-state index is 11.7. The molecule has 0 fully saturated rings. The first kappa shape index (κ1) is 10.7. The smallest absolute Gasteiger partial charge is 0.340 e. The van der Waals surface area contributed by atoms with Gasteiger partial charge in [0.1, 0.15) is 0 Å². The standard InChI is InChI=1S/C9H11N3O3S/c1-2-16(14,15)12-8-5-6(10)3-4-7(8)11-9(12)13/h3-5H,2,10H2,1H3,(H,11,13). The second-order valence-corrected chi connectivity index (χ2v) is 5.48. The van der Waals surface area contributed by atoms with Crippen LogP contribution in [-0.4, -0.2) is 23.1 Å². The van der Waals surface area contributed by atoms with Crippen LogP contribution in [-0.2, 0) is 10.0 Å². The lowest BCUT2D eigenvalue weighted by Gasteiger charge is -2.02. The summed E-state index contributed by atoms with van der Waals surface area (Å²) >= 11 is 0. The van der Waals surface area contributed by atoms with Gasteiger partial charge in [0.2, 0.25) is 10.0 Å². The van der Waals surface area contributed by atoms with Crippen LogP contribution in [0.5, 0.6) is 0 Å². The van der Waals surface area contributed by atoms with Gasteiger partial charge in [0.15, 0.2) is 0 Å². The number of aromatic nitrogens is 2. The molecule has 0 atom stereocenters. The second kappa shape index (κ2) is 3.38. The zero-order valence-corrected chi connectivity index (χ0v) is 9.41. The van der Waals surface area contributed by atoms with Crippen LogP contribution in [0.15, 0.2) is 23.0 Å². The number of benzene rings is 1. The summed E-state index contributed by atoms with van der Waals surface area (Å²) in [4.78, 5) is 14.0. The third-order valence-electron chi connectivity index (χ3n) is 2.31. The van der Waals surface area contributed by atoms with Crippen LogP contribution in [0.4, 0.5) is 5.69 Å². The lowest BCUT2D eigenvalue weighted by Crippen LogP contribution is -2.26. The maximum absolute atomic E-state index is 11.7. The highest BCUT2D eigenvalue weighted by Gasteiger charge is 2.17. The molecule has 86 valence electrons. The number of fused-ring (bicyclic) bond motifs is 1. The minimum Gasteiger partial charge on any atom is -0.399 e. The normalized spacial score (nSPS) is 12.1. The van der Waals surface area contributed by atoms with Crippen molar-refractivity contribution in [2.24, 2.45) is 0 Å². The molecule has 6 nitrogen and oxygen atoms in total. The molecule has 0 amide bonds. The predicted molar refractivity (Wildman–Crippen MR) is 61.8 cm³/mol. The molecule has 0 saturated heterocycles. The molecule has 0 saturated carbocycles. The van der Waals surface area contributed by atoms with Crippen LogP contribution in [0, 0.1) is 0 Å². The van der Waals surface area contributed by atoms with E-state index in [1.54, 1.807) is 12.1 Å². The summed E-state index contributed by atoms with van der Waals surface area (Å²) in [6, 6.07) is 4.63. The van der Waals surface area contributed by atoms with Crippen LogP contribution in [0.25, 0.3) is 11.0 Å². The van der Waals surface area contributed by atoms with E-state index in [9.17, 15) is 13.2 Å². The number of nitrogens with one attached hydrogen (secondary N) is 1. The molecule has 7 heteroatoms. The quantitative estimate of drug-likeness (QED) is 0.729. The zero-order valence-electron chi connectivity index (χ0n) is 8.60. The van der Waals surface area contributed by atoms with Gasteiger partial charge in [-0.3, -0.25) is 0 Å². The van der Waals surface area contributed by atoms with Crippen molar-refractivity contribution >= 4 is 26.7 Å². The van der Waals surface area contributed by atoms with Crippen molar-refractivity contribution in [2.45, 2.75) is 6.92 Å². The lowest BCUT2D eigenvalue weighted by atomic mass is 10.3. The molecular weight excluding hydrogens is 230 g/mol. The van der Waals surface area contributed by atoms with Gasteiger partial charge in [-0.05, 0) is 25.1 Å². The van der Waals surface area contributed by atoms with E-state index in [0.29, 0.717) is 11.2 Å². The molecule has 0 bridgehead atoms. The number of aromatic amines is 1. The number of nitrogens with two attached hydrogens (primary N) is 1. The molecule has 2 rings (SSSR count). The summed E-state index contributed by atoms with van der Waals surface area (Å²) in [5, 5.41) is 0. The molecule has 0 radical (unpaired) electrons. The largest absolute Gasteiger partial charge is 0.399 e. The van der Waals surface area contributed by atoms with Crippen molar-refractivity contribution in [3.8, 4) is 0 Å². The summed E-state index contributed by atoms with van der Waals surface area (Å²) in [6.07, 6.45) is 0. The van der Waals surface area contributed by atoms with E-state index in [-0.39, 0.29) is 11.3 Å². The average molecular weight is 241 g/mol. The second-order valence-electron chi connectivity index (χ2n) is 3.37. The molecule has 3 N–H and O–H groups in total. The molecule has 1 heterocycles. The molecule has 0 spiro atoms. The summed E-state index contributed by atoms with van der Waals surface area (Å²) in [5.41, 5.74) is 6.05. The number of hydrogen-bond donors (Lipinski definition) is 2. The van der Waals surface area contributed by atoms with Crippen LogP contribution >= 0.6 is 0 Å². The number of rotatable bonds is 2. The van der Waals surface area contributed by atoms with Crippen molar-refractivity contribution in [1.82, 2.24) is 8.96 Å². The van der Waals surface area contributed by atoms with E-state index < -0.39 is 15.7 Å². The third-order valence-corrected chi connectivity index (χ3v) is 3.96. The van der Waals surface area contributed by atoms with E-state index >= 15 is 0 Å². The monoisotopic (exact) mass is 241 g/mol. The molecule has 16 heavy (non-hydrogen) atoms. The minimum atomic E-state index is -3.61. The van der Waals surface area contributed by atoms with Gasteiger partial charge in [0.05, 0.1) is 16.8 Å². The maximum Gasteiger partial charge on any atom is 0.340 e. The van der Waals surface area contributed by atoms with Crippen LogP contribution in [0.2, 0.25) is 0 Å². The molecular formula is C9H11N3O3S. The first-order valence-corrected chi connectivity index (χ1v) is 6.30. The Hall–Kier alpha value is -1.76. The fourth-order valence-corrected chi connectivity index (χ4v) is 2.51. The van der Waals surface area contributed by atoms with Crippen LogP contribution < -0.4 is 11.4 Å². The van der Waals surface area contributed by atoms with Crippen molar-refractivity contribution in [2.75, 3.05) is 11.5 Å². The Morgan fingerprint density at radius 1 is 1.44 bits per heavy atom. The highest BCUT2D eigenvalue weighted by Crippen LogP contribution is 2.15. The third kappa shape index (κ3) is 1.49. The number of nitrogen functional groups attached to an aromatic ring is 1. The summed E-state index contributed by atoms with van der Waals surface area (Å²) < 4.78 is 24.2. The van der Waals surface area contributed by atoms with Gasteiger partial charge in [-0.1, -0.05) is 0 Å². The van der Waals surface area contributed by atoms with Crippen molar-refractivity contribution in [3.05, 3.63) is 28.7 Å². The van der Waals surface area contributed by atoms with Crippen LogP contribution in [0.1, 0.15) is 6.92 Å². The molecule has 0 unspecified atom stereocenters. The number of hydrogen-bond acceptors (Lipinski definition) is 4. The van der Waals surface area contributed by atoms with Gasteiger partial charge in [0, 0.05) is 5.69 Å². The number of anilines is 1. The molecule has 1 aromatic heterocycles. The highest BCUT2D eigenvalue weighted by molar-refractivity contribution is 7.90. The summed E-state index contributed by atoms with van der Waals surface area (Å²) in [6.45, 7) is 1.48. The Balaban J connectivity index is 2.94. The van der Waals surface area contributed by atoms with E-state index in [1.165, 1.54) is 13.0 Å². The van der Waals surface area contributed by atoms with Gasteiger partial charge in [-0.15, -0.1) is 0 Å². The zero-order chi connectivity index (χ0) is 11.9. The van der Waals surface area contributed by atoms with Gasteiger partial charge in [-0.2, -0.15) is 3.97 Å². The number of imidazole rings is 1. The van der Waals surface area contributed by atoms with Crippen molar-refractivity contribution in [1.29, 1.82) is 0 Å². The van der Waals surface area contributed by atoms with Crippen molar-refractivity contribution < 1.29 is 8.42 Å². The Labute approximate surface area is 91.7 Å². The first-order chi connectivity index (χ1) is 7.45. The van der Waals surface area contributed by atoms with Gasteiger partial charge in [-0.25, -0.2) is 13.2 Å². The Kier molecular flexibility index (Phi) is 2.27. The van der Waals surface area contributed by atoms with Gasteiger partial charge < -0.3 is 10.7 Å². The van der Waals surface area contributed by atoms with E-state index in [1.807, 2.05) is 0 Å². The molecule has 2 aromatic rings. The lowest BCUT2D eigenvalue weighted by molar-refractivity contribution is 0.588. The van der Waals surface area contributed by atoms with E-state index in [0.717, 1.165) is 3.97 Å². The molecule has 1 aromatic carbocycles. The van der Waals surface area contributed by atoms with E-state index in [2.05, 4.69) is 4.98 Å². The Morgan fingerprint density at radius 3 is 2.75 bits per heavy atom. The first-order valence-electron chi connectivity index (χ1n) is 4.69. The highest BCUT2D eigenvalue weighted by atomic mass is 32.2. The van der Waals surface area contributed by atoms with E-state index in [4.69, 9.17) is 5.73 Å². The minimum absolute atomic E-state index is 0.144.